The van der Waals surface area contributed by atoms with Crippen LogP contribution in [0.25, 0.3) is 0 Å². The Morgan fingerprint density at radius 2 is 1.23 bits per heavy atom. The largest absolute Gasteiger partial charge is 0.414 e. The van der Waals surface area contributed by atoms with Crippen LogP contribution in [0, 0.1) is 32.6 Å². The Morgan fingerprint density at radius 3 is 1.73 bits per heavy atom. The molecule has 5 aromatic rings. The molecule has 378 valence electrons. The highest BCUT2D eigenvalue weighted by molar-refractivity contribution is 7.89. The predicted octanol–water partition coefficient (Wildman–Crippen LogP) is 11.2. The monoisotopic (exact) mass is 1020 g/mol. The van der Waals surface area contributed by atoms with Crippen LogP contribution in [0.4, 0.5) is 0 Å². The number of nitrogens with zero attached hydrogens (tertiary/aromatic N) is 3. The molecular weight excluding hydrogens is 939 g/mol. The number of hydrogen-bond acceptors (Lipinski definition) is 6. The van der Waals surface area contributed by atoms with E-state index in [0.717, 1.165) is 50.1 Å². The van der Waals surface area contributed by atoms with E-state index >= 15 is 18.0 Å². The van der Waals surface area contributed by atoms with E-state index in [2.05, 4.69) is 163 Å². The van der Waals surface area contributed by atoms with Gasteiger partial charge in [0, 0.05) is 38.5 Å². The molecule has 0 N–H and O–H groups in total. The summed E-state index contributed by atoms with van der Waals surface area (Å²) in [7, 11) is -11.9. The van der Waals surface area contributed by atoms with Crippen molar-refractivity contribution >= 4 is 51.0 Å². The minimum Gasteiger partial charge on any atom is -0.414 e. The maximum atomic E-state index is 16.1. The van der Waals surface area contributed by atoms with Crippen molar-refractivity contribution < 1.29 is 22.1 Å². The summed E-state index contributed by atoms with van der Waals surface area (Å²) < 4.78 is 51.5. The van der Waals surface area contributed by atoms with Crippen molar-refractivity contribution in [3.8, 4) is 0 Å². The van der Waals surface area contributed by atoms with Crippen LogP contribution in [-0.4, -0.2) is 71.7 Å². The molecule has 1 aromatic heterocycles. The summed E-state index contributed by atoms with van der Waals surface area (Å²) in [5, 5.41) is 1.89. The molecule has 0 unspecified atom stereocenters. The molecule has 0 bridgehead atoms. The van der Waals surface area contributed by atoms with E-state index < -0.39 is 64.4 Å². The summed E-state index contributed by atoms with van der Waals surface area (Å²) in [5.41, 5.74) is 6.40. The van der Waals surface area contributed by atoms with Crippen LogP contribution in [0.2, 0.25) is 47.3 Å². The molecule has 9 nitrogen and oxygen atoms in total. The Labute approximate surface area is 423 Å². The van der Waals surface area contributed by atoms with Gasteiger partial charge in [0.2, 0.25) is 5.91 Å². The van der Waals surface area contributed by atoms with Crippen LogP contribution in [0.3, 0.4) is 0 Å². The maximum absolute atomic E-state index is 16.1. The van der Waals surface area contributed by atoms with Gasteiger partial charge in [-0.15, -0.1) is 0 Å². The lowest BCUT2D eigenvalue weighted by atomic mass is 9.72. The summed E-state index contributed by atoms with van der Waals surface area (Å²) in [6.07, 6.45) is 0.370. The highest BCUT2D eigenvalue weighted by Gasteiger charge is 2.61. The van der Waals surface area contributed by atoms with Crippen molar-refractivity contribution in [1.82, 2.24) is 13.4 Å². The van der Waals surface area contributed by atoms with Crippen molar-refractivity contribution in [3.05, 3.63) is 147 Å². The smallest absolute Gasteiger partial charge is 0.328 e. The van der Waals surface area contributed by atoms with Crippen LogP contribution < -0.4 is 16.1 Å². The van der Waals surface area contributed by atoms with Crippen LogP contribution in [0.1, 0.15) is 102 Å². The highest BCUT2D eigenvalue weighted by Crippen LogP contribution is 2.52. The van der Waals surface area contributed by atoms with Crippen LogP contribution in [0.15, 0.2) is 113 Å². The van der Waals surface area contributed by atoms with Gasteiger partial charge in [-0.2, -0.15) is 0 Å². The molecule has 4 atom stereocenters. The van der Waals surface area contributed by atoms with E-state index in [4.69, 9.17) is 8.85 Å². The molecule has 0 saturated carbocycles. The fraction of sp³-hybridized carbons (Fsp3) is 0.509. The fourth-order valence-corrected chi connectivity index (χ4v) is 25.1. The van der Waals surface area contributed by atoms with Gasteiger partial charge in [0.15, 0.2) is 8.32 Å². The van der Waals surface area contributed by atoms with Gasteiger partial charge in [-0.3, -0.25) is 13.9 Å². The van der Waals surface area contributed by atoms with E-state index in [9.17, 15) is 0 Å². The first-order valence-electron chi connectivity index (χ1n) is 25.7. The first-order chi connectivity index (χ1) is 32.8. The molecule has 2 heterocycles. The molecule has 7 rings (SSSR count). The summed E-state index contributed by atoms with van der Waals surface area (Å²) in [5.74, 6) is -2.43. The number of sulfonamides is 1. The minimum absolute atomic E-state index is 0.0327. The van der Waals surface area contributed by atoms with Crippen molar-refractivity contribution in [2.75, 3.05) is 13.2 Å². The zero-order valence-electron chi connectivity index (χ0n) is 44.8. The topological polar surface area (TPSA) is 99.8 Å². The van der Waals surface area contributed by atoms with E-state index in [0.29, 0.717) is 19.5 Å². The Kier molecular flexibility index (Phi) is 15.7. The maximum Gasteiger partial charge on any atom is 0.328 e. The summed E-state index contributed by atoms with van der Waals surface area (Å²) >= 11 is 0. The van der Waals surface area contributed by atoms with E-state index in [1.165, 1.54) is 4.31 Å². The second-order valence-electron chi connectivity index (χ2n) is 23.7. The van der Waals surface area contributed by atoms with Crippen molar-refractivity contribution in [1.29, 1.82) is 0 Å². The number of carbonyl (C=O) groups excluding carboxylic acids is 1. The Balaban J connectivity index is 1.52. The van der Waals surface area contributed by atoms with Crippen LogP contribution in [-0.2, 0) is 43.2 Å². The number of carbonyl (C=O) groups is 1. The van der Waals surface area contributed by atoms with E-state index in [-0.39, 0.29) is 45.5 Å². The van der Waals surface area contributed by atoms with Gasteiger partial charge in [0.1, 0.15) is 0 Å². The third-order valence-electron chi connectivity index (χ3n) is 15.9. The zero-order valence-corrected chi connectivity index (χ0v) is 48.6. The lowest BCUT2D eigenvalue weighted by Gasteiger charge is -2.45. The number of aromatic nitrogens is 2. The van der Waals surface area contributed by atoms with Gasteiger partial charge in [-0.25, -0.2) is 17.5 Å². The van der Waals surface area contributed by atoms with Gasteiger partial charge < -0.3 is 8.85 Å². The Morgan fingerprint density at radius 1 is 0.686 bits per heavy atom. The molecule has 1 fully saturated rings. The number of imidazole rings is 1. The summed E-state index contributed by atoms with van der Waals surface area (Å²) in [4.78, 5) is 31.7. The first-order valence-corrected chi connectivity index (χ1v) is 34.9. The molecule has 0 radical (unpaired) electrons. The average molecular weight is 1020 g/mol. The Hall–Kier alpha value is -4.12. The van der Waals surface area contributed by atoms with Gasteiger partial charge in [0.25, 0.3) is 18.3 Å². The molecule has 1 saturated heterocycles. The lowest BCUT2D eigenvalue weighted by molar-refractivity contribution is -0.129. The molecule has 1 aliphatic heterocycles. The Bertz CT molecular complexity index is 2750. The van der Waals surface area contributed by atoms with Crippen LogP contribution in [0.5, 0.6) is 0 Å². The van der Waals surface area contributed by atoms with Crippen LogP contribution >= 0.6 is 0 Å². The van der Waals surface area contributed by atoms with Crippen molar-refractivity contribution in [3.63, 3.8) is 0 Å². The van der Waals surface area contributed by atoms with Gasteiger partial charge in [-0.05, 0) is 94.4 Å². The molecule has 1 amide bonds. The predicted molar refractivity (Wildman–Crippen MR) is 295 cm³/mol. The first kappa shape index (κ1) is 53.7. The minimum atomic E-state index is -4.43. The normalized spacial score (nSPS) is 19.1. The lowest BCUT2D eigenvalue weighted by Crippen LogP contribution is -2.67. The molecular formula is C57H81N3O6SSi3. The highest BCUT2D eigenvalue weighted by atomic mass is 32.2. The van der Waals surface area contributed by atoms with Crippen molar-refractivity contribution in [2.45, 2.75) is 167 Å². The molecule has 4 aromatic carbocycles. The molecule has 70 heavy (non-hydrogen) atoms. The molecule has 0 spiro atoms. The number of aryl methyl sites for hydroxylation is 3. The van der Waals surface area contributed by atoms with Gasteiger partial charge in [-0.1, -0.05) is 184 Å². The summed E-state index contributed by atoms with van der Waals surface area (Å²) in [6, 6.07) is 34.2. The number of amides is 1. The third-order valence-corrected chi connectivity index (χ3v) is 30.5. The second-order valence-corrected chi connectivity index (χ2v) is 40.9. The average Bonchev–Trinajstić information content (AvgIpc) is 3.72. The van der Waals surface area contributed by atoms with E-state index in [1.807, 2.05) is 28.2 Å². The van der Waals surface area contributed by atoms with E-state index in [1.54, 1.807) is 24.3 Å². The number of hydrogen-bond donors (Lipinski definition) is 0. The molecule has 13 heteroatoms. The van der Waals surface area contributed by atoms with Gasteiger partial charge in [0.05, 0.1) is 30.0 Å². The SMILES string of the molecule is Cc1ccc(S(=O)(=O)N2C(=O)[C@@H]3[C@H](CO[Si](c4ccccc4)(c4ccccc4)C(C)(C)C)Cc4c(n(CC[Si](C)(C)C)c(=O)n4Cc4ccc(C)cc4C)[C@@H]3[C@H]2CO[Si](C(C)C)(C(C)C)C(C)C)cc1. The van der Waals surface area contributed by atoms with Crippen molar-refractivity contribution in [2.24, 2.45) is 11.8 Å². The fourth-order valence-electron chi connectivity index (χ4n) is 12.5. The molecule has 2 aliphatic rings. The number of rotatable bonds is 18. The number of fused-ring (bicyclic) bond motifs is 3. The molecule has 1 aliphatic carbocycles. The third kappa shape index (κ3) is 9.88. The number of benzene rings is 4. The standard InChI is InChI=1S/C57H81N3O6SSi3/c1-39(2)69(40(3)4,41(5)6)65-38-51-53-52(55(61)60(51)67(63,64)47-30-27-42(7)28-31-47)46(37-66-70(57(10,11)12,48-22-18-16-19-23-48)49-24-20-17-21-25-49)35-50-54(53)58(32-33-68(13,14)15)56(62)59(50)36-45-29-26-43(8)34-44(45)9/h16-31,34,39-41,46,51-53H,32-33,35-38H2,1-15H3/t46-,51+,52+,53+/m0/s1. The van der Waals surface area contributed by atoms with Gasteiger partial charge >= 0.3 is 5.69 Å². The zero-order chi connectivity index (χ0) is 51.3. The second kappa shape index (κ2) is 20.4. The summed E-state index contributed by atoms with van der Waals surface area (Å²) in [6.45, 7) is 34.3. The quantitative estimate of drug-likeness (QED) is 0.0811.